The summed E-state index contributed by atoms with van der Waals surface area (Å²) in [5.74, 6) is -0.853. The third kappa shape index (κ3) is 4.58. The summed E-state index contributed by atoms with van der Waals surface area (Å²) in [5.41, 5.74) is 8.13. The zero-order chi connectivity index (χ0) is 18.6. The van der Waals surface area contributed by atoms with Crippen molar-refractivity contribution in [3.8, 4) is 11.1 Å². The second kappa shape index (κ2) is 7.67. The molecule has 0 aliphatic heterocycles. The number of carbonyl (C=O) groups excluding carboxylic acids is 1. The summed E-state index contributed by atoms with van der Waals surface area (Å²) < 4.78 is 32.1. The molecule has 7 heteroatoms. The number of esters is 1. The molecule has 2 aromatic carbocycles. The van der Waals surface area contributed by atoms with E-state index in [1.807, 2.05) is 12.1 Å². The van der Waals surface area contributed by atoms with Crippen molar-refractivity contribution in [3.63, 3.8) is 0 Å². The molecule has 134 valence electrons. The van der Waals surface area contributed by atoms with Crippen LogP contribution in [0, 0.1) is 5.92 Å². The molecule has 0 spiro atoms. The minimum atomic E-state index is -3.84. The molecule has 0 aromatic heterocycles. The average molecular weight is 362 g/mol. The number of hydrogen-bond acceptors (Lipinski definition) is 5. The van der Waals surface area contributed by atoms with Gasteiger partial charge < -0.3 is 10.5 Å². The summed E-state index contributed by atoms with van der Waals surface area (Å²) in [6.07, 6.45) is 0. The quantitative estimate of drug-likeness (QED) is 0.607. The van der Waals surface area contributed by atoms with E-state index in [4.69, 9.17) is 5.73 Å². The molecule has 0 saturated carbocycles. The van der Waals surface area contributed by atoms with Crippen molar-refractivity contribution in [3.05, 3.63) is 48.5 Å². The molecule has 0 saturated heterocycles. The maximum absolute atomic E-state index is 12.5. The first kappa shape index (κ1) is 19.0. The molecule has 0 bridgehead atoms. The highest BCUT2D eigenvalue weighted by Crippen LogP contribution is 2.22. The zero-order valence-electron chi connectivity index (χ0n) is 14.4. The van der Waals surface area contributed by atoms with Crippen molar-refractivity contribution >= 4 is 21.7 Å². The van der Waals surface area contributed by atoms with Gasteiger partial charge >= 0.3 is 5.97 Å². The van der Waals surface area contributed by atoms with E-state index in [-0.39, 0.29) is 10.8 Å². The normalized spacial score (nSPS) is 12.8. The molecule has 2 aromatic rings. The summed E-state index contributed by atoms with van der Waals surface area (Å²) >= 11 is 0. The predicted molar refractivity (Wildman–Crippen MR) is 97.3 cm³/mol. The van der Waals surface area contributed by atoms with E-state index >= 15 is 0 Å². The Morgan fingerprint density at radius 1 is 1.00 bits per heavy atom. The lowest BCUT2D eigenvalue weighted by molar-refractivity contribution is -0.143. The Kier molecular flexibility index (Phi) is 5.81. The molecule has 25 heavy (non-hydrogen) atoms. The van der Waals surface area contributed by atoms with E-state index in [1.165, 1.54) is 19.2 Å². The van der Waals surface area contributed by atoms with Crippen LogP contribution in [0.2, 0.25) is 0 Å². The summed E-state index contributed by atoms with van der Waals surface area (Å²) in [5, 5.41) is 0. The largest absolute Gasteiger partial charge is 0.468 e. The minimum Gasteiger partial charge on any atom is -0.468 e. The number of carbonyl (C=O) groups is 1. The highest BCUT2D eigenvalue weighted by Gasteiger charge is 2.29. The number of sulfonamides is 1. The van der Waals surface area contributed by atoms with Gasteiger partial charge in [0.1, 0.15) is 6.04 Å². The molecule has 0 radical (unpaired) electrons. The summed E-state index contributed by atoms with van der Waals surface area (Å²) in [6, 6.07) is 12.8. The monoisotopic (exact) mass is 362 g/mol. The van der Waals surface area contributed by atoms with Crippen LogP contribution in [-0.2, 0) is 19.6 Å². The van der Waals surface area contributed by atoms with E-state index in [9.17, 15) is 13.2 Å². The van der Waals surface area contributed by atoms with Crippen LogP contribution in [-0.4, -0.2) is 27.5 Å². The van der Waals surface area contributed by atoms with Crippen molar-refractivity contribution in [1.82, 2.24) is 4.72 Å². The van der Waals surface area contributed by atoms with Crippen LogP contribution in [0.25, 0.3) is 11.1 Å². The molecule has 0 heterocycles. The van der Waals surface area contributed by atoms with Gasteiger partial charge in [0.15, 0.2) is 0 Å². The maximum atomic E-state index is 12.5. The SMILES string of the molecule is COC(=O)C(NS(=O)(=O)c1ccc(-c2ccc(N)cc2)cc1)C(C)C. The van der Waals surface area contributed by atoms with E-state index < -0.39 is 22.0 Å². The van der Waals surface area contributed by atoms with Gasteiger partial charge in [-0.2, -0.15) is 4.72 Å². The first-order valence-electron chi connectivity index (χ1n) is 7.80. The predicted octanol–water partition coefficient (Wildman–Crippen LogP) is 2.41. The summed E-state index contributed by atoms with van der Waals surface area (Å²) in [6.45, 7) is 3.49. The van der Waals surface area contributed by atoms with Gasteiger partial charge in [0.05, 0.1) is 12.0 Å². The van der Waals surface area contributed by atoms with Crippen molar-refractivity contribution in [2.24, 2.45) is 5.92 Å². The van der Waals surface area contributed by atoms with E-state index in [0.717, 1.165) is 11.1 Å². The van der Waals surface area contributed by atoms with Gasteiger partial charge in [0.25, 0.3) is 0 Å². The van der Waals surface area contributed by atoms with Crippen LogP contribution < -0.4 is 10.5 Å². The van der Waals surface area contributed by atoms with Crippen LogP contribution in [0.15, 0.2) is 53.4 Å². The molecule has 1 atom stereocenters. The van der Waals surface area contributed by atoms with Crippen LogP contribution >= 0.6 is 0 Å². The molecule has 0 fully saturated rings. The molecular formula is C18H22N2O4S. The molecular weight excluding hydrogens is 340 g/mol. The van der Waals surface area contributed by atoms with Gasteiger partial charge in [-0.05, 0) is 41.3 Å². The number of methoxy groups -OCH3 is 1. The van der Waals surface area contributed by atoms with Crippen LogP contribution in [0.3, 0.4) is 0 Å². The standard InChI is InChI=1S/C18H22N2O4S/c1-12(2)17(18(21)24-3)20-25(22,23)16-10-6-14(7-11-16)13-4-8-15(19)9-5-13/h4-12,17,20H,19H2,1-3H3. The zero-order valence-corrected chi connectivity index (χ0v) is 15.2. The van der Waals surface area contributed by atoms with Crippen molar-refractivity contribution in [2.75, 3.05) is 12.8 Å². The smallest absolute Gasteiger partial charge is 0.324 e. The van der Waals surface area contributed by atoms with Gasteiger partial charge in [-0.3, -0.25) is 4.79 Å². The minimum absolute atomic E-state index is 0.0845. The Bertz CT molecular complexity index is 828. The molecule has 3 N–H and O–H groups in total. The molecule has 0 amide bonds. The fourth-order valence-corrected chi connectivity index (χ4v) is 3.65. The number of ether oxygens (including phenoxy) is 1. The van der Waals surface area contributed by atoms with Gasteiger partial charge in [-0.15, -0.1) is 0 Å². The van der Waals surface area contributed by atoms with E-state index in [1.54, 1.807) is 38.1 Å². The van der Waals surface area contributed by atoms with Crippen LogP contribution in [0.4, 0.5) is 5.69 Å². The fourth-order valence-electron chi connectivity index (χ4n) is 2.32. The second-order valence-electron chi connectivity index (χ2n) is 6.01. The molecule has 6 nitrogen and oxygen atoms in total. The van der Waals surface area contributed by atoms with Gasteiger partial charge in [-0.25, -0.2) is 8.42 Å². The molecule has 0 aliphatic carbocycles. The van der Waals surface area contributed by atoms with Gasteiger partial charge in [-0.1, -0.05) is 38.1 Å². The second-order valence-corrected chi connectivity index (χ2v) is 7.73. The number of hydrogen-bond donors (Lipinski definition) is 2. The van der Waals surface area contributed by atoms with Crippen LogP contribution in [0.1, 0.15) is 13.8 Å². The van der Waals surface area contributed by atoms with Gasteiger partial charge in [0.2, 0.25) is 10.0 Å². The Hall–Kier alpha value is -2.38. The third-order valence-corrected chi connectivity index (χ3v) is 5.27. The number of anilines is 1. The Morgan fingerprint density at radius 2 is 1.48 bits per heavy atom. The Morgan fingerprint density at radius 3 is 1.92 bits per heavy atom. The number of nitrogens with two attached hydrogens (primary N) is 1. The average Bonchev–Trinajstić information content (AvgIpc) is 2.59. The highest BCUT2D eigenvalue weighted by atomic mass is 32.2. The Labute approximate surface area is 148 Å². The summed E-state index contributed by atoms with van der Waals surface area (Å²) in [4.78, 5) is 11.9. The number of nitrogen functional groups attached to an aromatic ring is 1. The van der Waals surface area contributed by atoms with Crippen LogP contribution in [0.5, 0.6) is 0 Å². The Balaban J connectivity index is 2.25. The van der Waals surface area contributed by atoms with E-state index in [0.29, 0.717) is 5.69 Å². The topological polar surface area (TPSA) is 98.5 Å². The number of rotatable bonds is 6. The first-order chi connectivity index (χ1) is 11.7. The molecule has 2 rings (SSSR count). The highest BCUT2D eigenvalue weighted by molar-refractivity contribution is 7.89. The van der Waals surface area contributed by atoms with Gasteiger partial charge in [0, 0.05) is 5.69 Å². The third-order valence-electron chi connectivity index (χ3n) is 3.81. The fraction of sp³-hybridized carbons (Fsp3) is 0.278. The van der Waals surface area contributed by atoms with Crippen molar-refractivity contribution < 1.29 is 17.9 Å². The lowest BCUT2D eigenvalue weighted by Crippen LogP contribution is -2.44. The molecule has 1 unspecified atom stereocenters. The van der Waals surface area contributed by atoms with Crippen molar-refractivity contribution in [1.29, 1.82) is 0 Å². The van der Waals surface area contributed by atoms with E-state index in [2.05, 4.69) is 9.46 Å². The lowest BCUT2D eigenvalue weighted by atomic mass is 10.1. The summed E-state index contributed by atoms with van der Waals surface area (Å²) in [7, 11) is -2.61. The first-order valence-corrected chi connectivity index (χ1v) is 9.29. The molecule has 0 aliphatic rings. The number of nitrogens with one attached hydrogen (secondary N) is 1. The number of benzene rings is 2. The lowest BCUT2D eigenvalue weighted by Gasteiger charge is -2.19. The van der Waals surface area contributed by atoms with Crippen molar-refractivity contribution in [2.45, 2.75) is 24.8 Å². The maximum Gasteiger partial charge on any atom is 0.324 e.